The third kappa shape index (κ3) is 3.14. The Balaban J connectivity index is 2.05. The molecule has 0 radical (unpaired) electrons. The molecule has 0 amide bonds. The summed E-state index contributed by atoms with van der Waals surface area (Å²) in [5.74, 6) is -0.178. The lowest BCUT2D eigenvalue weighted by molar-refractivity contribution is 0.0989. The quantitative estimate of drug-likeness (QED) is 0.810. The molecule has 2 nitrogen and oxygen atoms in total. The van der Waals surface area contributed by atoms with E-state index in [1.165, 1.54) is 0 Å². The second-order valence-electron chi connectivity index (χ2n) is 4.17. The zero-order valence-corrected chi connectivity index (χ0v) is 10.1. The van der Waals surface area contributed by atoms with E-state index < -0.39 is 0 Å². The molecule has 92 valence electrons. The number of hydrogen-bond donors (Lipinski definition) is 1. The summed E-state index contributed by atoms with van der Waals surface area (Å²) in [6, 6.07) is 5.41. The van der Waals surface area contributed by atoms with Crippen LogP contribution in [0.5, 0.6) is 0 Å². The molecule has 3 heteroatoms. The molecule has 17 heavy (non-hydrogen) atoms. The largest absolute Gasteiger partial charge is 0.358 e. The molecule has 1 aromatic rings. The maximum absolute atomic E-state index is 13.9. The van der Waals surface area contributed by atoms with Crippen molar-refractivity contribution < 1.29 is 9.13 Å². The number of nitrogens with one attached hydrogen (secondary N) is 1. The first-order chi connectivity index (χ1) is 8.31. The molecule has 0 saturated carbocycles. The van der Waals surface area contributed by atoms with Gasteiger partial charge in [0.25, 0.3) is 0 Å². The monoisotopic (exact) mass is 235 g/mol. The van der Waals surface area contributed by atoms with Crippen molar-refractivity contribution in [2.24, 2.45) is 0 Å². The molecule has 1 atom stereocenters. The van der Waals surface area contributed by atoms with Crippen LogP contribution in [0.15, 0.2) is 30.4 Å². The van der Waals surface area contributed by atoms with Gasteiger partial charge in [-0.15, -0.1) is 0 Å². The fourth-order valence-corrected chi connectivity index (χ4v) is 1.98. The molecule has 1 aliphatic heterocycles. The van der Waals surface area contributed by atoms with Gasteiger partial charge >= 0.3 is 0 Å². The standard InChI is InChI=1S/C14H18FNO/c1-2-3-4-5-11-6-7-12(13(15)10-11)14-16-8-9-17-14/h2-3,6-7,10,14,16H,4-5,8-9H2,1H3/b3-2+. The van der Waals surface area contributed by atoms with E-state index in [1.54, 1.807) is 6.07 Å². The van der Waals surface area contributed by atoms with Crippen LogP contribution in [0.3, 0.4) is 0 Å². The minimum Gasteiger partial charge on any atom is -0.358 e. The number of halogens is 1. The van der Waals surface area contributed by atoms with Crippen LogP contribution in [0, 0.1) is 5.82 Å². The SMILES string of the molecule is C/C=C/CCc1ccc(C2NCCO2)c(F)c1. The topological polar surface area (TPSA) is 21.3 Å². The highest BCUT2D eigenvalue weighted by molar-refractivity contribution is 5.26. The van der Waals surface area contributed by atoms with Crippen molar-refractivity contribution in [3.8, 4) is 0 Å². The molecule has 1 aliphatic rings. The van der Waals surface area contributed by atoms with Gasteiger partial charge in [-0.2, -0.15) is 0 Å². The van der Waals surface area contributed by atoms with Crippen molar-refractivity contribution in [2.75, 3.05) is 13.2 Å². The maximum atomic E-state index is 13.9. The first-order valence-electron chi connectivity index (χ1n) is 6.05. The van der Waals surface area contributed by atoms with E-state index in [0.717, 1.165) is 24.9 Å². The number of hydrogen-bond acceptors (Lipinski definition) is 2. The Morgan fingerprint density at radius 1 is 1.53 bits per heavy atom. The molecule has 0 spiro atoms. The highest BCUT2D eigenvalue weighted by Crippen LogP contribution is 2.22. The van der Waals surface area contributed by atoms with E-state index in [1.807, 2.05) is 25.1 Å². The van der Waals surface area contributed by atoms with Crippen molar-refractivity contribution in [1.82, 2.24) is 5.32 Å². The average molecular weight is 235 g/mol. The van der Waals surface area contributed by atoms with Gasteiger partial charge in [0, 0.05) is 12.1 Å². The molecular weight excluding hydrogens is 217 g/mol. The number of aryl methyl sites for hydroxylation is 1. The molecule has 0 aromatic heterocycles. The normalized spacial score (nSPS) is 20.2. The molecule has 0 aliphatic carbocycles. The molecule has 2 rings (SSSR count). The van der Waals surface area contributed by atoms with E-state index in [2.05, 4.69) is 11.4 Å². The van der Waals surface area contributed by atoms with E-state index >= 15 is 0 Å². The Labute approximate surface area is 101 Å². The van der Waals surface area contributed by atoms with Gasteiger partial charge in [0.1, 0.15) is 12.0 Å². The lowest BCUT2D eigenvalue weighted by atomic mass is 10.1. The van der Waals surface area contributed by atoms with Crippen LogP contribution in [0.1, 0.15) is 30.7 Å². The highest BCUT2D eigenvalue weighted by atomic mass is 19.1. The zero-order valence-electron chi connectivity index (χ0n) is 10.1. The summed E-state index contributed by atoms with van der Waals surface area (Å²) < 4.78 is 19.3. The summed E-state index contributed by atoms with van der Waals surface area (Å²) in [5.41, 5.74) is 1.64. The van der Waals surface area contributed by atoms with E-state index in [-0.39, 0.29) is 12.0 Å². The molecule has 1 heterocycles. The number of rotatable bonds is 4. The second-order valence-corrected chi connectivity index (χ2v) is 4.17. The highest BCUT2D eigenvalue weighted by Gasteiger charge is 2.19. The van der Waals surface area contributed by atoms with Crippen LogP contribution in [-0.2, 0) is 11.2 Å². The van der Waals surface area contributed by atoms with Crippen molar-refractivity contribution in [3.05, 3.63) is 47.3 Å². The predicted molar refractivity (Wildman–Crippen MR) is 66.2 cm³/mol. The Morgan fingerprint density at radius 3 is 3.06 bits per heavy atom. The summed E-state index contributed by atoms with van der Waals surface area (Å²) in [4.78, 5) is 0. The molecule has 1 fully saturated rings. The van der Waals surface area contributed by atoms with Crippen LogP contribution in [0.2, 0.25) is 0 Å². The van der Waals surface area contributed by atoms with Crippen LogP contribution in [0.4, 0.5) is 4.39 Å². The number of benzene rings is 1. The smallest absolute Gasteiger partial charge is 0.137 e. The van der Waals surface area contributed by atoms with Gasteiger partial charge in [0.2, 0.25) is 0 Å². The summed E-state index contributed by atoms with van der Waals surface area (Å²) in [7, 11) is 0. The predicted octanol–water partition coefficient (Wildman–Crippen LogP) is 2.95. The van der Waals surface area contributed by atoms with E-state index in [9.17, 15) is 4.39 Å². The third-order valence-electron chi connectivity index (χ3n) is 2.90. The number of allylic oxidation sites excluding steroid dienone is 2. The van der Waals surface area contributed by atoms with Crippen molar-refractivity contribution in [1.29, 1.82) is 0 Å². The van der Waals surface area contributed by atoms with E-state index in [4.69, 9.17) is 4.74 Å². The average Bonchev–Trinajstić information content (AvgIpc) is 2.83. The Bertz CT molecular complexity index is 397. The fourth-order valence-electron chi connectivity index (χ4n) is 1.98. The minimum absolute atomic E-state index is 0.178. The van der Waals surface area contributed by atoms with Crippen LogP contribution in [0.25, 0.3) is 0 Å². The molecular formula is C14H18FNO. The van der Waals surface area contributed by atoms with Crippen LogP contribution >= 0.6 is 0 Å². The van der Waals surface area contributed by atoms with Gasteiger partial charge in [-0.1, -0.05) is 24.3 Å². The van der Waals surface area contributed by atoms with Gasteiger partial charge in [0.05, 0.1) is 6.61 Å². The van der Waals surface area contributed by atoms with Gasteiger partial charge in [-0.3, -0.25) is 5.32 Å². The van der Waals surface area contributed by atoms with E-state index in [0.29, 0.717) is 12.2 Å². The van der Waals surface area contributed by atoms with Crippen molar-refractivity contribution in [2.45, 2.75) is 26.0 Å². The Kier molecular flexibility index (Phi) is 4.29. The lowest BCUT2D eigenvalue weighted by Crippen LogP contribution is -2.15. The van der Waals surface area contributed by atoms with Crippen LogP contribution < -0.4 is 5.32 Å². The van der Waals surface area contributed by atoms with Gasteiger partial charge < -0.3 is 4.74 Å². The maximum Gasteiger partial charge on any atom is 0.137 e. The molecule has 1 unspecified atom stereocenters. The number of ether oxygens (including phenoxy) is 1. The third-order valence-corrected chi connectivity index (χ3v) is 2.90. The first kappa shape index (κ1) is 12.3. The second kappa shape index (κ2) is 5.94. The van der Waals surface area contributed by atoms with Crippen molar-refractivity contribution in [3.63, 3.8) is 0 Å². The van der Waals surface area contributed by atoms with Crippen molar-refractivity contribution >= 4 is 0 Å². The summed E-state index contributed by atoms with van der Waals surface area (Å²) in [5, 5.41) is 3.11. The van der Waals surface area contributed by atoms with Gasteiger partial charge in [0.15, 0.2) is 0 Å². The molecule has 1 saturated heterocycles. The Hall–Kier alpha value is -1.19. The van der Waals surface area contributed by atoms with Crippen LogP contribution in [-0.4, -0.2) is 13.2 Å². The Morgan fingerprint density at radius 2 is 2.41 bits per heavy atom. The fraction of sp³-hybridized carbons (Fsp3) is 0.429. The van der Waals surface area contributed by atoms with Gasteiger partial charge in [-0.25, -0.2) is 4.39 Å². The molecule has 1 N–H and O–H groups in total. The molecule has 0 bridgehead atoms. The summed E-state index contributed by atoms with van der Waals surface area (Å²) in [6.45, 7) is 3.42. The molecule has 1 aromatic carbocycles. The summed E-state index contributed by atoms with van der Waals surface area (Å²) >= 11 is 0. The summed E-state index contributed by atoms with van der Waals surface area (Å²) in [6.07, 6.45) is 5.65. The lowest BCUT2D eigenvalue weighted by Gasteiger charge is -2.12. The first-order valence-corrected chi connectivity index (χ1v) is 6.05. The zero-order chi connectivity index (χ0) is 12.1. The van der Waals surface area contributed by atoms with Gasteiger partial charge in [-0.05, 0) is 31.4 Å². The minimum atomic E-state index is -0.278.